The number of aromatic nitrogens is 3. The maximum Gasteiger partial charge on any atom is 0.325 e. The standard InChI is InChI=1S/C20H18N6O2S2/c1-28-15-8-4-2-6-13(15)23-18(21)26-19-22-12(10-17(27)25-19)11-29-20-24-14-7-3-5-9-16(14)30-20/h2-10H,11H2,1H3,(H4,21,22,23,25,26,27)/p+1. The molecule has 2 aromatic carbocycles. The SMILES string of the molecule is COc1ccccc1NC(N)=[NH+]c1nc(CSc2nc3ccccc3s2)cc(=O)[nH]1. The maximum atomic E-state index is 12.1. The number of methoxy groups -OCH3 is 1. The largest absolute Gasteiger partial charge is 0.494 e. The number of anilines is 1. The summed E-state index contributed by atoms with van der Waals surface area (Å²) in [7, 11) is 1.58. The lowest BCUT2D eigenvalue weighted by Crippen LogP contribution is -2.73. The van der Waals surface area contributed by atoms with Crippen LogP contribution in [0.2, 0.25) is 0 Å². The van der Waals surface area contributed by atoms with Gasteiger partial charge in [-0.15, -0.1) is 16.3 Å². The third kappa shape index (κ3) is 4.78. The fourth-order valence-electron chi connectivity index (χ4n) is 2.74. The van der Waals surface area contributed by atoms with Crippen LogP contribution in [0.3, 0.4) is 0 Å². The Kier molecular flexibility index (Phi) is 5.96. The van der Waals surface area contributed by atoms with Gasteiger partial charge in [0.1, 0.15) is 11.4 Å². The first-order valence-corrected chi connectivity index (χ1v) is 10.8. The van der Waals surface area contributed by atoms with Gasteiger partial charge >= 0.3 is 5.95 Å². The number of hydrogen-bond donors (Lipinski definition) is 4. The highest BCUT2D eigenvalue weighted by Crippen LogP contribution is 2.30. The number of aromatic amines is 1. The van der Waals surface area contributed by atoms with Crippen LogP contribution in [0.5, 0.6) is 5.75 Å². The normalized spacial score (nSPS) is 11.6. The van der Waals surface area contributed by atoms with E-state index in [-0.39, 0.29) is 17.5 Å². The Balaban J connectivity index is 1.49. The number of thioether (sulfide) groups is 1. The van der Waals surface area contributed by atoms with Crippen LogP contribution in [0.1, 0.15) is 5.69 Å². The summed E-state index contributed by atoms with van der Waals surface area (Å²) in [4.78, 5) is 26.6. The quantitative estimate of drug-likeness (QED) is 0.205. The van der Waals surface area contributed by atoms with Gasteiger partial charge in [-0.25, -0.2) is 15.0 Å². The Bertz CT molecular complexity index is 1230. The van der Waals surface area contributed by atoms with Crippen LogP contribution in [-0.4, -0.2) is 28.0 Å². The molecule has 0 unspecified atom stereocenters. The zero-order valence-electron chi connectivity index (χ0n) is 16.0. The van der Waals surface area contributed by atoms with E-state index in [0.717, 1.165) is 14.6 Å². The molecular formula is C20H19N6O2S2+. The number of nitrogens with one attached hydrogen (secondary N) is 3. The number of ether oxygens (including phenoxy) is 1. The highest BCUT2D eigenvalue weighted by molar-refractivity contribution is 8.00. The molecule has 4 rings (SSSR count). The lowest BCUT2D eigenvalue weighted by Gasteiger charge is -2.07. The molecule has 10 heteroatoms. The number of para-hydroxylation sites is 3. The summed E-state index contributed by atoms with van der Waals surface area (Å²) in [6.07, 6.45) is 0. The van der Waals surface area contributed by atoms with E-state index in [2.05, 4.69) is 25.3 Å². The van der Waals surface area contributed by atoms with Gasteiger partial charge in [0, 0.05) is 6.07 Å². The highest BCUT2D eigenvalue weighted by atomic mass is 32.2. The molecule has 152 valence electrons. The number of hydrogen-bond acceptors (Lipinski definition) is 6. The number of benzene rings is 2. The number of rotatable bonds is 6. The van der Waals surface area contributed by atoms with Crippen molar-refractivity contribution in [2.24, 2.45) is 5.73 Å². The van der Waals surface area contributed by atoms with Crippen molar-refractivity contribution in [3.63, 3.8) is 0 Å². The second-order valence-corrected chi connectivity index (χ2v) is 8.44. The van der Waals surface area contributed by atoms with Gasteiger partial charge in [0.15, 0.2) is 10.1 Å². The first-order valence-electron chi connectivity index (χ1n) is 8.99. The van der Waals surface area contributed by atoms with Gasteiger partial charge in [-0.3, -0.25) is 10.1 Å². The fourth-order valence-corrected chi connectivity index (χ4v) is 4.70. The molecule has 4 aromatic rings. The smallest absolute Gasteiger partial charge is 0.325 e. The summed E-state index contributed by atoms with van der Waals surface area (Å²) in [5, 5.41) is 3.00. The molecule has 5 N–H and O–H groups in total. The van der Waals surface area contributed by atoms with Crippen molar-refractivity contribution in [3.8, 4) is 5.75 Å². The molecule has 0 atom stereocenters. The molecule has 0 saturated heterocycles. The molecule has 0 fully saturated rings. The average Bonchev–Trinajstić information content (AvgIpc) is 3.15. The zero-order chi connectivity index (χ0) is 20.9. The van der Waals surface area contributed by atoms with E-state index in [0.29, 0.717) is 22.9 Å². The van der Waals surface area contributed by atoms with Crippen molar-refractivity contribution in [2.75, 3.05) is 12.4 Å². The number of thiazole rings is 1. The Morgan fingerprint density at radius 3 is 2.87 bits per heavy atom. The molecule has 0 spiro atoms. The second kappa shape index (κ2) is 8.97. The molecule has 0 saturated carbocycles. The van der Waals surface area contributed by atoms with E-state index < -0.39 is 0 Å². The van der Waals surface area contributed by atoms with Crippen LogP contribution in [0.25, 0.3) is 10.2 Å². The summed E-state index contributed by atoms with van der Waals surface area (Å²) >= 11 is 3.15. The van der Waals surface area contributed by atoms with Crippen molar-refractivity contribution >= 4 is 50.9 Å². The molecule has 0 aliphatic carbocycles. The van der Waals surface area contributed by atoms with Crippen LogP contribution >= 0.6 is 23.1 Å². The van der Waals surface area contributed by atoms with Crippen LogP contribution in [0.15, 0.2) is 63.7 Å². The van der Waals surface area contributed by atoms with Gasteiger partial charge in [-0.05, 0) is 24.3 Å². The average molecular weight is 440 g/mol. The maximum absolute atomic E-state index is 12.1. The van der Waals surface area contributed by atoms with Crippen molar-refractivity contribution < 1.29 is 9.73 Å². The number of H-pyrrole nitrogens is 1. The summed E-state index contributed by atoms with van der Waals surface area (Å²) in [6.45, 7) is 0. The second-order valence-electron chi connectivity index (χ2n) is 6.19. The summed E-state index contributed by atoms with van der Waals surface area (Å²) in [5.74, 6) is 1.61. The highest BCUT2D eigenvalue weighted by Gasteiger charge is 2.11. The van der Waals surface area contributed by atoms with Crippen molar-refractivity contribution in [1.82, 2.24) is 15.0 Å². The number of nitrogens with two attached hydrogens (primary N) is 1. The Labute approximate surface area is 180 Å². The zero-order valence-corrected chi connectivity index (χ0v) is 17.6. The van der Waals surface area contributed by atoms with Crippen LogP contribution < -0.4 is 26.3 Å². The van der Waals surface area contributed by atoms with Gasteiger partial charge in [-0.2, -0.15) is 0 Å². The molecule has 0 amide bonds. The molecule has 30 heavy (non-hydrogen) atoms. The molecule has 2 aromatic heterocycles. The predicted molar refractivity (Wildman–Crippen MR) is 120 cm³/mol. The number of guanidine groups is 1. The van der Waals surface area contributed by atoms with Crippen molar-refractivity contribution in [1.29, 1.82) is 0 Å². The van der Waals surface area contributed by atoms with Crippen LogP contribution in [-0.2, 0) is 5.75 Å². The van der Waals surface area contributed by atoms with Gasteiger partial charge < -0.3 is 10.5 Å². The van der Waals surface area contributed by atoms with Gasteiger partial charge in [0.05, 0.1) is 23.1 Å². The first-order chi connectivity index (χ1) is 14.6. The molecule has 0 bridgehead atoms. The first kappa shape index (κ1) is 19.9. The Morgan fingerprint density at radius 1 is 1.23 bits per heavy atom. The van der Waals surface area contributed by atoms with E-state index in [4.69, 9.17) is 10.5 Å². The fraction of sp³-hybridized carbons (Fsp3) is 0.100. The van der Waals surface area contributed by atoms with Gasteiger partial charge in [0.2, 0.25) is 0 Å². The number of nitrogens with zero attached hydrogens (tertiary/aromatic N) is 2. The van der Waals surface area contributed by atoms with Crippen molar-refractivity contribution in [3.05, 3.63) is 70.6 Å². The molecule has 0 aliphatic rings. The summed E-state index contributed by atoms with van der Waals surface area (Å²) in [5.41, 5.74) is 8.05. The molecule has 8 nitrogen and oxygen atoms in total. The van der Waals surface area contributed by atoms with Gasteiger partial charge in [-0.1, -0.05) is 36.0 Å². The third-order valence-corrected chi connectivity index (χ3v) is 6.25. The summed E-state index contributed by atoms with van der Waals surface area (Å²) in [6, 6.07) is 16.8. The van der Waals surface area contributed by atoms with E-state index in [1.807, 2.05) is 48.5 Å². The topological polar surface area (TPSA) is 120 Å². The minimum atomic E-state index is -0.266. The van der Waals surface area contributed by atoms with E-state index in [9.17, 15) is 4.79 Å². The third-order valence-electron chi connectivity index (χ3n) is 4.04. The monoisotopic (exact) mass is 439 g/mol. The number of fused-ring (bicyclic) bond motifs is 1. The van der Waals surface area contributed by atoms with E-state index in [1.54, 1.807) is 18.4 Å². The molecular weight excluding hydrogens is 420 g/mol. The minimum Gasteiger partial charge on any atom is -0.494 e. The molecule has 2 heterocycles. The minimum absolute atomic E-state index is 0.207. The van der Waals surface area contributed by atoms with Crippen LogP contribution in [0.4, 0.5) is 11.6 Å². The van der Waals surface area contributed by atoms with Gasteiger partial charge in [0.25, 0.3) is 11.5 Å². The predicted octanol–water partition coefficient (Wildman–Crippen LogP) is 1.82. The Morgan fingerprint density at radius 2 is 2.03 bits per heavy atom. The molecule has 0 aliphatic heterocycles. The van der Waals surface area contributed by atoms with E-state index >= 15 is 0 Å². The summed E-state index contributed by atoms with van der Waals surface area (Å²) < 4.78 is 7.35. The Hall–Kier alpha value is -3.37. The lowest BCUT2D eigenvalue weighted by atomic mass is 10.3. The van der Waals surface area contributed by atoms with E-state index in [1.165, 1.54) is 17.8 Å². The molecule has 0 radical (unpaired) electrons. The lowest BCUT2D eigenvalue weighted by molar-refractivity contribution is -0.365. The van der Waals surface area contributed by atoms with Crippen molar-refractivity contribution in [2.45, 2.75) is 10.1 Å². The van der Waals surface area contributed by atoms with Crippen LogP contribution in [0, 0.1) is 0 Å².